The SMILES string of the molecule is Cc1onc(C2CCCO2)c1C(C)C. The molecule has 0 spiro atoms. The van der Waals surface area contributed by atoms with Crippen molar-refractivity contribution in [3.8, 4) is 0 Å². The fourth-order valence-electron chi connectivity index (χ4n) is 2.12. The first kappa shape index (κ1) is 9.71. The Balaban J connectivity index is 2.32. The molecule has 78 valence electrons. The van der Waals surface area contributed by atoms with Crippen LogP contribution in [0.4, 0.5) is 0 Å². The molecule has 0 saturated carbocycles. The first-order valence-electron chi connectivity index (χ1n) is 5.27. The molecular weight excluding hydrogens is 178 g/mol. The summed E-state index contributed by atoms with van der Waals surface area (Å²) in [6.45, 7) is 7.16. The first-order chi connectivity index (χ1) is 6.70. The fourth-order valence-corrected chi connectivity index (χ4v) is 2.12. The van der Waals surface area contributed by atoms with E-state index in [9.17, 15) is 0 Å². The number of aromatic nitrogens is 1. The number of ether oxygens (including phenoxy) is 1. The predicted octanol–water partition coefficient (Wildman–Crippen LogP) is 2.96. The third-order valence-corrected chi connectivity index (χ3v) is 2.75. The Kier molecular flexibility index (Phi) is 2.59. The molecule has 1 saturated heterocycles. The molecule has 3 heteroatoms. The summed E-state index contributed by atoms with van der Waals surface area (Å²) >= 11 is 0. The van der Waals surface area contributed by atoms with Gasteiger partial charge < -0.3 is 9.26 Å². The molecule has 3 nitrogen and oxygen atoms in total. The number of hydrogen-bond acceptors (Lipinski definition) is 3. The molecule has 1 aromatic rings. The summed E-state index contributed by atoms with van der Waals surface area (Å²) in [5, 5.41) is 4.12. The maximum absolute atomic E-state index is 5.62. The van der Waals surface area contributed by atoms with Crippen molar-refractivity contribution in [3.05, 3.63) is 17.0 Å². The van der Waals surface area contributed by atoms with E-state index in [1.807, 2.05) is 6.92 Å². The lowest BCUT2D eigenvalue weighted by atomic mass is 9.98. The van der Waals surface area contributed by atoms with Crippen LogP contribution >= 0.6 is 0 Å². The van der Waals surface area contributed by atoms with Gasteiger partial charge in [-0.1, -0.05) is 19.0 Å². The summed E-state index contributed by atoms with van der Waals surface area (Å²) in [7, 11) is 0. The largest absolute Gasteiger partial charge is 0.372 e. The molecule has 14 heavy (non-hydrogen) atoms. The molecule has 0 radical (unpaired) electrons. The van der Waals surface area contributed by atoms with Crippen LogP contribution in [0.1, 0.15) is 55.7 Å². The van der Waals surface area contributed by atoms with Crippen LogP contribution in [0.2, 0.25) is 0 Å². The lowest BCUT2D eigenvalue weighted by Crippen LogP contribution is -2.02. The summed E-state index contributed by atoms with van der Waals surface area (Å²) < 4.78 is 10.9. The average Bonchev–Trinajstić information content (AvgIpc) is 2.70. The molecule has 0 N–H and O–H groups in total. The maximum Gasteiger partial charge on any atom is 0.137 e. The minimum Gasteiger partial charge on any atom is -0.372 e. The Hall–Kier alpha value is -0.830. The van der Waals surface area contributed by atoms with Crippen molar-refractivity contribution >= 4 is 0 Å². The van der Waals surface area contributed by atoms with Gasteiger partial charge in [-0.25, -0.2) is 0 Å². The topological polar surface area (TPSA) is 35.3 Å². The monoisotopic (exact) mass is 195 g/mol. The third-order valence-electron chi connectivity index (χ3n) is 2.75. The van der Waals surface area contributed by atoms with Gasteiger partial charge in [0.2, 0.25) is 0 Å². The van der Waals surface area contributed by atoms with Crippen LogP contribution in [-0.4, -0.2) is 11.8 Å². The van der Waals surface area contributed by atoms with Gasteiger partial charge in [0.1, 0.15) is 17.6 Å². The van der Waals surface area contributed by atoms with Crippen LogP contribution in [0, 0.1) is 6.92 Å². The molecule has 0 bridgehead atoms. The van der Waals surface area contributed by atoms with Gasteiger partial charge in [0, 0.05) is 12.2 Å². The summed E-state index contributed by atoms with van der Waals surface area (Å²) in [6.07, 6.45) is 2.38. The smallest absolute Gasteiger partial charge is 0.137 e. The predicted molar refractivity (Wildman–Crippen MR) is 53.3 cm³/mol. The highest BCUT2D eigenvalue weighted by molar-refractivity contribution is 5.27. The second-order valence-electron chi connectivity index (χ2n) is 4.19. The van der Waals surface area contributed by atoms with E-state index in [0.29, 0.717) is 5.92 Å². The Labute approximate surface area is 84.4 Å². The van der Waals surface area contributed by atoms with Crippen molar-refractivity contribution in [2.75, 3.05) is 6.61 Å². The normalized spacial score (nSPS) is 22.1. The van der Waals surface area contributed by atoms with E-state index in [2.05, 4.69) is 19.0 Å². The van der Waals surface area contributed by atoms with Crippen molar-refractivity contribution in [1.29, 1.82) is 0 Å². The van der Waals surface area contributed by atoms with Gasteiger partial charge in [-0.3, -0.25) is 0 Å². The molecule has 2 rings (SSSR count). The van der Waals surface area contributed by atoms with Crippen molar-refractivity contribution in [3.63, 3.8) is 0 Å². The average molecular weight is 195 g/mol. The van der Waals surface area contributed by atoms with Crippen LogP contribution < -0.4 is 0 Å². The highest BCUT2D eigenvalue weighted by Crippen LogP contribution is 2.34. The van der Waals surface area contributed by atoms with Crippen LogP contribution in [-0.2, 0) is 4.74 Å². The Morgan fingerprint density at radius 1 is 1.43 bits per heavy atom. The van der Waals surface area contributed by atoms with E-state index in [4.69, 9.17) is 9.26 Å². The molecule has 1 unspecified atom stereocenters. The summed E-state index contributed by atoms with van der Waals surface area (Å²) in [4.78, 5) is 0. The fraction of sp³-hybridized carbons (Fsp3) is 0.727. The lowest BCUT2D eigenvalue weighted by Gasteiger charge is -2.10. The van der Waals surface area contributed by atoms with E-state index in [1.54, 1.807) is 0 Å². The zero-order chi connectivity index (χ0) is 10.1. The molecule has 1 fully saturated rings. The van der Waals surface area contributed by atoms with Gasteiger partial charge in [0.15, 0.2) is 0 Å². The van der Waals surface area contributed by atoms with Crippen LogP contribution in [0.5, 0.6) is 0 Å². The molecule has 1 atom stereocenters. The van der Waals surface area contributed by atoms with Crippen LogP contribution in [0.15, 0.2) is 4.52 Å². The van der Waals surface area contributed by atoms with Crippen LogP contribution in [0.25, 0.3) is 0 Å². The van der Waals surface area contributed by atoms with Gasteiger partial charge in [0.25, 0.3) is 0 Å². The van der Waals surface area contributed by atoms with Crippen molar-refractivity contribution in [1.82, 2.24) is 5.16 Å². The molecule has 0 amide bonds. The molecule has 0 aliphatic carbocycles. The van der Waals surface area contributed by atoms with Gasteiger partial charge >= 0.3 is 0 Å². The number of hydrogen-bond donors (Lipinski definition) is 0. The highest BCUT2D eigenvalue weighted by atomic mass is 16.5. The first-order valence-corrected chi connectivity index (χ1v) is 5.27. The van der Waals surface area contributed by atoms with Crippen molar-refractivity contribution in [2.45, 2.75) is 45.6 Å². The Bertz CT molecular complexity index is 311. The number of aryl methyl sites for hydroxylation is 1. The standard InChI is InChI=1S/C11H17NO2/c1-7(2)10-8(3)14-12-11(10)9-5-4-6-13-9/h7,9H,4-6H2,1-3H3. The Morgan fingerprint density at radius 2 is 2.21 bits per heavy atom. The van der Waals surface area contributed by atoms with E-state index < -0.39 is 0 Å². The van der Waals surface area contributed by atoms with E-state index >= 15 is 0 Å². The van der Waals surface area contributed by atoms with Crippen molar-refractivity contribution in [2.24, 2.45) is 0 Å². The summed E-state index contributed by atoms with van der Waals surface area (Å²) in [5.74, 6) is 1.39. The second kappa shape index (κ2) is 3.73. The lowest BCUT2D eigenvalue weighted by molar-refractivity contribution is 0.105. The highest BCUT2D eigenvalue weighted by Gasteiger charge is 2.26. The minimum atomic E-state index is 0.171. The molecule has 2 heterocycles. The van der Waals surface area contributed by atoms with E-state index in [1.165, 1.54) is 5.56 Å². The molecule has 1 aliphatic heterocycles. The van der Waals surface area contributed by atoms with Crippen LogP contribution in [0.3, 0.4) is 0 Å². The Morgan fingerprint density at radius 3 is 2.79 bits per heavy atom. The van der Waals surface area contributed by atoms with Gasteiger partial charge in [-0.15, -0.1) is 0 Å². The zero-order valence-electron chi connectivity index (χ0n) is 9.04. The number of rotatable bonds is 2. The molecule has 1 aliphatic rings. The third kappa shape index (κ3) is 1.57. The minimum absolute atomic E-state index is 0.171. The molecule has 0 aromatic carbocycles. The molecule has 1 aromatic heterocycles. The molecular formula is C11H17NO2. The number of nitrogens with zero attached hydrogens (tertiary/aromatic N) is 1. The van der Waals surface area contributed by atoms with E-state index in [0.717, 1.165) is 30.9 Å². The van der Waals surface area contributed by atoms with E-state index in [-0.39, 0.29) is 6.10 Å². The summed E-state index contributed by atoms with van der Waals surface area (Å²) in [6, 6.07) is 0. The second-order valence-corrected chi connectivity index (χ2v) is 4.19. The maximum atomic E-state index is 5.62. The quantitative estimate of drug-likeness (QED) is 0.727. The van der Waals surface area contributed by atoms with Gasteiger partial charge in [-0.2, -0.15) is 0 Å². The van der Waals surface area contributed by atoms with Gasteiger partial charge in [-0.05, 0) is 25.7 Å². The van der Waals surface area contributed by atoms with Crippen molar-refractivity contribution < 1.29 is 9.26 Å². The summed E-state index contributed by atoms with van der Waals surface area (Å²) in [5.41, 5.74) is 2.26. The van der Waals surface area contributed by atoms with Gasteiger partial charge in [0.05, 0.1) is 0 Å². The zero-order valence-corrected chi connectivity index (χ0v) is 9.04.